The molecule has 0 amide bonds. The van der Waals surface area contributed by atoms with E-state index in [1.165, 1.54) is 5.56 Å². The molecule has 3 nitrogen and oxygen atoms in total. The molecule has 0 spiro atoms. The highest BCUT2D eigenvalue weighted by Crippen LogP contribution is 2.43. The number of hydrogen-bond acceptors (Lipinski definition) is 2. The molecule has 90 valence electrons. The summed E-state index contributed by atoms with van der Waals surface area (Å²) in [4.78, 5) is 13.6. The zero-order valence-electron chi connectivity index (χ0n) is 9.75. The molecule has 3 atom stereocenters. The van der Waals surface area contributed by atoms with Gasteiger partial charge in [0.2, 0.25) is 0 Å². The third-order valence-corrected chi connectivity index (χ3v) is 4.21. The van der Waals surface area contributed by atoms with Crippen LogP contribution in [0.25, 0.3) is 0 Å². The van der Waals surface area contributed by atoms with Gasteiger partial charge < -0.3 is 5.11 Å². The molecule has 1 aliphatic heterocycles. The standard InChI is InChI=1S/C14H17NO2/c16-14(17)13-11-6-7-12(13)15(9-11)8-10-4-2-1-3-5-10/h1-5,11-13H,6-9H2,(H,16,17)/t11-,12-,13-/m1/s1. The van der Waals surface area contributed by atoms with E-state index in [9.17, 15) is 9.90 Å². The molecule has 1 heterocycles. The van der Waals surface area contributed by atoms with Crippen LogP contribution in [0.4, 0.5) is 0 Å². The van der Waals surface area contributed by atoms with Crippen molar-refractivity contribution in [2.24, 2.45) is 11.8 Å². The lowest BCUT2D eigenvalue weighted by Gasteiger charge is -2.26. The molecule has 3 rings (SSSR count). The van der Waals surface area contributed by atoms with Gasteiger partial charge in [-0.2, -0.15) is 0 Å². The maximum Gasteiger partial charge on any atom is 0.308 e. The fraction of sp³-hybridized carbons (Fsp3) is 0.500. The third kappa shape index (κ3) is 1.84. The van der Waals surface area contributed by atoms with Crippen molar-refractivity contribution in [3.8, 4) is 0 Å². The molecule has 1 saturated carbocycles. The first-order valence-corrected chi connectivity index (χ1v) is 6.26. The number of carboxylic acids is 1. The molecular weight excluding hydrogens is 214 g/mol. The van der Waals surface area contributed by atoms with E-state index in [0.717, 1.165) is 25.9 Å². The van der Waals surface area contributed by atoms with Crippen molar-refractivity contribution < 1.29 is 9.90 Å². The first-order valence-electron chi connectivity index (χ1n) is 6.26. The van der Waals surface area contributed by atoms with Crippen LogP contribution in [0, 0.1) is 11.8 Å². The molecule has 1 saturated heterocycles. The normalized spacial score (nSPS) is 31.9. The number of carboxylic acid groups (broad SMARTS) is 1. The highest BCUT2D eigenvalue weighted by Gasteiger charge is 2.50. The van der Waals surface area contributed by atoms with Crippen LogP contribution in [-0.2, 0) is 11.3 Å². The highest BCUT2D eigenvalue weighted by atomic mass is 16.4. The minimum Gasteiger partial charge on any atom is -0.481 e. The number of likely N-dealkylation sites (tertiary alicyclic amines) is 1. The number of piperidine rings is 1. The first-order chi connectivity index (χ1) is 8.25. The molecule has 2 fully saturated rings. The number of hydrogen-bond donors (Lipinski definition) is 1. The van der Waals surface area contributed by atoms with Crippen molar-refractivity contribution in [3.05, 3.63) is 35.9 Å². The quantitative estimate of drug-likeness (QED) is 0.864. The average molecular weight is 231 g/mol. The van der Waals surface area contributed by atoms with Crippen LogP contribution in [0.2, 0.25) is 0 Å². The summed E-state index contributed by atoms with van der Waals surface area (Å²) in [5.41, 5.74) is 1.28. The smallest absolute Gasteiger partial charge is 0.308 e. The predicted molar refractivity (Wildman–Crippen MR) is 64.5 cm³/mol. The molecule has 1 aromatic carbocycles. The van der Waals surface area contributed by atoms with Gasteiger partial charge in [-0.25, -0.2) is 0 Å². The SMILES string of the molecule is O=C(O)[C@@H]1[C@@H]2CC[C@H]1N(Cc1ccccc1)C2. The van der Waals surface area contributed by atoms with Gasteiger partial charge in [0.1, 0.15) is 0 Å². The van der Waals surface area contributed by atoms with Crippen molar-refractivity contribution >= 4 is 5.97 Å². The van der Waals surface area contributed by atoms with Crippen LogP contribution < -0.4 is 0 Å². The molecule has 2 aliphatic rings. The largest absolute Gasteiger partial charge is 0.481 e. The van der Waals surface area contributed by atoms with Gasteiger partial charge in [-0.3, -0.25) is 9.69 Å². The maximum absolute atomic E-state index is 11.2. The van der Waals surface area contributed by atoms with Gasteiger partial charge in [-0.1, -0.05) is 30.3 Å². The Balaban J connectivity index is 1.73. The van der Waals surface area contributed by atoms with Gasteiger partial charge >= 0.3 is 5.97 Å². The summed E-state index contributed by atoms with van der Waals surface area (Å²) in [5, 5.41) is 9.25. The Morgan fingerprint density at radius 1 is 1.29 bits per heavy atom. The fourth-order valence-corrected chi connectivity index (χ4v) is 3.48. The summed E-state index contributed by atoms with van der Waals surface area (Å²) in [5.74, 6) is -0.354. The second-order valence-electron chi connectivity index (χ2n) is 5.18. The maximum atomic E-state index is 11.2. The number of aliphatic carboxylic acids is 1. The molecule has 17 heavy (non-hydrogen) atoms. The highest BCUT2D eigenvalue weighted by molar-refractivity contribution is 5.72. The molecule has 1 aromatic rings. The summed E-state index contributed by atoms with van der Waals surface area (Å²) in [7, 11) is 0. The zero-order chi connectivity index (χ0) is 11.8. The minimum atomic E-state index is -0.604. The lowest BCUT2D eigenvalue weighted by atomic mass is 9.99. The topological polar surface area (TPSA) is 40.5 Å². The summed E-state index contributed by atoms with van der Waals surface area (Å²) in [6.45, 7) is 1.85. The summed E-state index contributed by atoms with van der Waals surface area (Å²) in [6, 6.07) is 10.6. The Labute approximate surface area is 101 Å². The summed E-state index contributed by atoms with van der Waals surface area (Å²) in [6.07, 6.45) is 2.14. The van der Waals surface area contributed by atoms with Crippen LogP contribution >= 0.6 is 0 Å². The predicted octanol–water partition coefficient (Wildman–Crippen LogP) is 1.98. The van der Waals surface area contributed by atoms with Crippen molar-refractivity contribution in [1.82, 2.24) is 4.90 Å². The van der Waals surface area contributed by atoms with Crippen molar-refractivity contribution in [2.45, 2.75) is 25.4 Å². The van der Waals surface area contributed by atoms with E-state index in [2.05, 4.69) is 17.0 Å². The van der Waals surface area contributed by atoms with Crippen LogP contribution in [0.5, 0.6) is 0 Å². The molecule has 3 heteroatoms. The van der Waals surface area contributed by atoms with E-state index in [0.29, 0.717) is 5.92 Å². The van der Waals surface area contributed by atoms with E-state index in [4.69, 9.17) is 0 Å². The van der Waals surface area contributed by atoms with Crippen molar-refractivity contribution in [1.29, 1.82) is 0 Å². The van der Waals surface area contributed by atoms with Gasteiger partial charge in [0, 0.05) is 19.1 Å². The van der Waals surface area contributed by atoms with Crippen molar-refractivity contribution in [2.75, 3.05) is 6.54 Å². The number of rotatable bonds is 3. The molecule has 0 unspecified atom stereocenters. The minimum absolute atomic E-state index is 0.126. The Hall–Kier alpha value is -1.35. The van der Waals surface area contributed by atoms with Crippen LogP contribution in [-0.4, -0.2) is 28.6 Å². The monoisotopic (exact) mass is 231 g/mol. The second kappa shape index (κ2) is 4.15. The molecule has 0 aromatic heterocycles. The average Bonchev–Trinajstić information content (AvgIpc) is 2.87. The lowest BCUT2D eigenvalue weighted by Crippen LogP contribution is -2.34. The molecule has 2 bridgehead atoms. The number of benzene rings is 1. The van der Waals surface area contributed by atoms with Gasteiger partial charge in [-0.05, 0) is 24.3 Å². The van der Waals surface area contributed by atoms with Gasteiger partial charge in [0.15, 0.2) is 0 Å². The van der Waals surface area contributed by atoms with E-state index < -0.39 is 5.97 Å². The summed E-state index contributed by atoms with van der Waals surface area (Å²) >= 11 is 0. The lowest BCUT2D eigenvalue weighted by molar-refractivity contribution is -0.142. The number of nitrogens with zero attached hydrogens (tertiary/aromatic N) is 1. The number of carbonyl (C=O) groups is 1. The molecule has 1 N–H and O–H groups in total. The Morgan fingerprint density at radius 2 is 2.06 bits per heavy atom. The van der Waals surface area contributed by atoms with Gasteiger partial charge in [-0.15, -0.1) is 0 Å². The molecular formula is C14H17NO2. The summed E-state index contributed by atoms with van der Waals surface area (Å²) < 4.78 is 0. The van der Waals surface area contributed by atoms with E-state index in [-0.39, 0.29) is 12.0 Å². The van der Waals surface area contributed by atoms with Crippen LogP contribution in [0.3, 0.4) is 0 Å². The van der Waals surface area contributed by atoms with E-state index >= 15 is 0 Å². The second-order valence-corrected chi connectivity index (χ2v) is 5.18. The number of fused-ring (bicyclic) bond motifs is 2. The Morgan fingerprint density at radius 3 is 2.71 bits per heavy atom. The van der Waals surface area contributed by atoms with Crippen LogP contribution in [0.1, 0.15) is 18.4 Å². The first kappa shape index (κ1) is 10.8. The van der Waals surface area contributed by atoms with E-state index in [1.807, 2.05) is 18.2 Å². The molecule has 1 aliphatic carbocycles. The van der Waals surface area contributed by atoms with E-state index in [1.54, 1.807) is 0 Å². The third-order valence-electron chi connectivity index (χ3n) is 4.21. The van der Waals surface area contributed by atoms with Crippen molar-refractivity contribution in [3.63, 3.8) is 0 Å². The fourth-order valence-electron chi connectivity index (χ4n) is 3.48. The van der Waals surface area contributed by atoms with Gasteiger partial charge in [0.25, 0.3) is 0 Å². The zero-order valence-corrected chi connectivity index (χ0v) is 9.75. The Bertz CT molecular complexity index is 417. The van der Waals surface area contributed by atoms with Crippen LogP contribution in [0.15, 0.2) is 30.3 Å². The Kier molecular flexibility index (Phi) is 2.63. The molecule has 0 radical (unpaired) electrons. The van der Waals surface area contributed by atoms with Gasteiger partial charge in [0.05, 0.1) is 5.92 Å².